The van der Waals surface area contributed by atoms with Crippen molar-refractivity contribution < 1.29 is 19.3 Å². The molecule has 0 fully saturated rings. The van der Waals surface area contributed by atoms with Gasteiger partial charge in [-0.1, -0.05) is 18.2 Å². The van der Waals surface area contributed by atoms with Crippen LogP contribution in [0.4, 0.5) is 0 Å². The average Bonchev–Trinajstić information content (AvgIpc) is 2.51. The number of aliphatic hydroxyl groups is 1. The minimum atomic E-state index is -0.829. The molecule has 2 heterocycles. The van der Waals surface area contributed by atoms with E-state index in [4.69, 9.17) is 14.2 Å². The maximum atomic E-state index is 10.5. The van der Waals surface area contributed by atoms with Crippen LogP contribution < -0.4 is 9.47 Å². The van der Waals surface area contributed by atoms with Crippen molar-refractivity contribution in [2.75, 3.05) is 7.11 Å². The Hall–Kier alpha value is -2.11. The van der Waals surface area contributed by atoms with Crippen molar-refractivity contribution in [2.45, 2.75) is 18.5 Å². The van der Waals surface area contributed by atoms with Crippen molar-refractivity contribution in [3.8, 4) is 11.5 Å². The van der Waals surface area contributed by atoms with Crippen LogP contribution in [0.3, 0.4) is 0 Å². The summed E-state index contributed by atoms with van der Waals surface area (Å²) in [6.07, 6.45) is 1.08. The fourth-order valence-electron chi connectivity index (χ4n) is 2.23. The molecule has 3 unspecified atom stereocenters. The van der Waals surface area contributed by atoms with Gasteiger partial charge >= 0.3 is 0 Å². The van der Waals surface area contributed by atoms with Gasteiger partial charge in [-0.15, -0.1) is 0 Å². The second-order valence-electron chi connectivity index (χ2n) is 4.48. The number of aliphatic hydroxyl groups excluding tert-OH is 1. The molecule has 0 aliphatic carbocycles. The van der Waals surface area contributed by atoms with E-state index in [0.717, 1.165) is 0 Å². The highest BCUT2D eigenvalue weighted by molar-refractivity contribution is 5.38. The van der Waals surface area contributed by atoms with E-state index in [1.807, 2.05) is 18.2 Å². The summed E-state index contributed by atoms with van der Waals surface area (Å²) in [6.45, 7) is 0. The molecule has 0 bridgehead atoms. The van der Waals surface area contributed by atoms with Crippen LogP contribution >= 0.6 is 0 Å². The molecule has 20 heavy (non-hydrogen) atoms. The van der Waals surface area contributed by atoms with E-state index in [9.17, 15) is 5.11 Å². The summed E-state index contributed by atoms with van der Waals surface area (Å²) >= 11 is 0. The molecule has 5 heteroatoms. The molecule has 0 saturated heterocycles. The Morgan fingerprint density at radius 1 is 1.20 bits per heavy atom. The molecule has 3 atom stereocenters. The zero-order valence-corrected chi connectivity index (χ0v) is 11.0. The average molecular weight is 273 g/mol. The monoisotopic (exact) mass is 273 g/mol. The van der Waals surface area contributed by atoms with Gasteiger partial charge in [0.2, 0.25) is 6.29 Å². The molecule has 1 N–H and O–H groups in total. The van der Waals surface area contributed by atoms with Gasteiger partial charge in [0, 0.05) is 18.9 Å². The van der Waals surface area contributed by atoms with Crippen molar-refractivity contribution in [1.29, 1.82) is 0 Å². The molecule has 1 aliphatic rings. The Bertz CT molecular complexity index is 575. The number of fused-ring (bicyclic) bond motifs is 1. The van der Waals surface area contributed by atoms with E-state index >= 15 is 0 Å². The van der Waals surface area contributed by atoms with E-state index in [1.54, 1.807) is 30.6 Å². The van der Waals surface area contributed by atoms with Crippen molar-refractivity contribution in [2.24, 2.45) is 0 Å². The number of hydrogen-bond acceptors (Lipinski definition) is 5. The molecule has 0 radical (unpaired) electrons. The third-order valence-corrected chi connectivity index (χ3v) is 3.20. The van der Waals surface area contributed by atoms with E-state index in [-0.39, 0.29) is 0 Å². The predicted octanol–water partition coefficient (Wildman–Crippen LogP) is 1.93. The Morgan fingerprint density at radius 2 is 2.05 bits per heavy atom. The molecule has 0 spiro atoms. The van der Waals surface area contributed by atoms with Gasteiger partial charge in [-0.2, -0.15) is 0 Å². The molecule has 0 amide bonds. The second kappa shape index (κ2) is 5.48. The lowest BCUT2D eigenvalue weighted by Gasteiger charge is -2.35. The predicted molar refractivity (Wildman–Crippen MR) is 71.5 cm³/mol. The third-order valence-electron chi connectivity index (χ3n) is 3.20. The van der Waals surface area contributed by atoms with Crippen LogP contribution in [-0.4, -0.2) is 29.6 Å². The van der Waals surface area contributed by atoms with Crippen LogP contribution in [0.5, 0.6) is 11.5 Å². The van der Waals surface area contributed by atoms with Gasteiger partial charge in [0.15, 0.2) is 6.10 Å². The van der Waals surface area contributed by atoms with Gasteiger partial charge in [-0.05, 0) is 18.2 Å². The number of methoxy groups -OCH3 is 1. The van der Waals surface area contributed by atoms with Gasteiger partial charge in [0.25, 0.3) is 0 Å². The van der Waals surface area contributed by atoms with E-state index < -0.39 is 18.5 Å². The van der Waals surface area contributed by atoms with Gasteiger partial charge in [0.05, 0.1) is 6.20 Å². The number of pyridine rings is 1. The number of aromatic nitrogens is 1. The fourth-order valence-corrected chi connectivity index (χ4v) is 2.23. The largest absolute Gasteiger partial charge is 0.479 e. The van der Waals surface area contributed by atoms with Crippen LogP contribution in [0.1, 0.15) is 11.7 Å². The number of hydrogen-bond donors (Lipinski definition) is 1. The first kappa shape index (κ1) is 12.9. The van der Waals surface area contributed by atoms with Crippen molar-refractivity contribution in [3.63, 3.8) is 0 Å². The van der Waals surface area contributed by atoms with E-state index in [2.05, 4.69) is 4.98 Å². The van der Waals surface area contributed by atoms with Gasteiger partial charge in [-0.25, -0.2) is 0 Å². The third kappa shape index (κ3) is 2.33. The first-order valence-corrected chi connectivity index (χ1v) is 6.32. The summed E-state index contributed by atoms with van der Waals surface area (Å²) in [5.74, 6) is 1.17. The number of nitrogens with zero attached hydrogens (tertiary/aromatic N) is 1. The first-order chi connectivity index (χ1) is 9.79. The number of para-hydroxylation sites is 1. The molecule has 104 valence electrons. The van der Waals surface area contributed by atoms with Gasteiger partial charge < -0.3 is 19.3 Å². The SMILES string of the molecule is COC1Oc2ccccc2C(O)C1Oc1cccnc1. The lowest BCUT2D eigenvalue weighted by molar-refractivity contribution is -0.165. The minimum Gasteiger partial charge on any atom is -0.479 e. The summed E-state index contributed by atoms with van der Waals surface area (Å²) in [4.78, 5) is 3.98. The molecule has 5 nitrogen and oxygen atoms in total. The minimum absolute atomic E-state index is 0.557. The highest BCUT2D eigenvalue weighted by Crippen LogP contribution is 2.36. The van der Waals surface area contributed by atoms with E-state index in [1.165, 1.54) is 7.11 Å². The smallest absolute Gasteiger partial charge is 0.239 e. The highest BCUT2D eigenvalue weighted by atomic mass is 16.7. The molecular weight excluding hydrogens is 258 g/mol. The zero-order chi connectivity index (χ0) is 13.9. The summed E-state index contributed by atoms with van der Waals surface area (Å²) in [6, 6.07) is 10.8. The normalized spacial score (nSPS) is 24.6. The maximum Gasteiger partial charge on any atom is 0.239 e. The molecule has 1 aromatic heterocycles. The van der Waals surface area contributed by atoms with Crippen molar-refractivity contribution >= 4 is 0 Å². The lowest BCUT2D eigenvalue weighted by Crippen LogP contribution is -2.45. The van der Waals surface area contributed by atoms with Crippen molar-refractivity contribution in [3.05, 3.63) is 54.4 Å². The van der Waals surface area contributed by atoms with Crippen LogP contribution in [0, 0.1) is 0 Å². The summed E-state index contributed by atoms with van der Waals surface area (Å²) in [7, 11) is 1.52. The van der Waals surface area contributed by atoms with Crippen LogP contribution in [-0.2, 0) is 4.74 Å². The molecular formula is C15H15NO4. The zero-order valence-electron chi connectivity index (χ0n) is 11.0. The molecule has 0 saturated carbocycles. The van der Waals surface area contributed by atoms with Crippen LogP contribution in [0.2, 0.25) is 0 Å². The van der Waals surface area contributed by atoms with E-state index in [0.29, 0.717) is 17.1 Å². The Labute approximate surface area is 116 Å². The van der Waals surface area contributed by atoms with Crippen LogP contribution in [0.25, 0.3) is 0 Å². The standard InChI is InChI=1S/C15H15NO4/c1-18-15-14(19-10-5-4-8-16-9-10)13(17)11-6-2-3-7-12(11)20-15/h2-9,13-15,17H,1H3. The Balaban J connectivity index is 1.89. The highest BCUT2D eigenvalue weighted by Gasteiger charge is 2.39. The number of rotatable bonds is 3. The maximum absolute atomic E-state index is 10.5. The molecule has 1 aliphatic heterocycles. The van der Waals surface area contributed by atoms with Gasteiger partial charge in [-0.3, -0.25) is 4.98 Å². The van der Waals surface area contributed by atoms with Gasteiger partial charge in [0.1, 0.15) is 17.6 Å². The Kier molecular flexibility index (Phi) is 3.54. The topological polar surface area (TPSA) is 60.8 Å². The number of benzene rings is 1. The molecule has 2 aromatic rings. The number of ether oxygens (including phenoxy) is 3. The first-order valence-electron chi connectivity index (χ1n) is 6.32. The summed E-state index contributed by atoms with van der Waals surface area (Å²) in [5.41, 5.74) is 0.690. The summed E-state index contributed by atoms with van der Waals surface area (Å²) in [5, 5.41) is 10.5. The fraction of sp³-hybridized carbons (Fsp3) is 0.267. The quantitative estimate of drug-likeness (QED) is 0.926. The van der Waals surface area contributed by atoms with Crippen LogP contribution in [0.15, 0.2) is 48.8 Å². The lowest BCUT2D eigenvalue weighted by atomic mass is 10.00. The Morgan fingerprint density at radius 3 is 2.80 bits per heavy atom. The molecule has 1 aromatic carbocycles. The molecule has 3 rings (SSSR count). The van der Waals surface area contributed by atoms with Crippen molar-refractivity contribution in [1.82, 2.24) is 4.98 Å². The second-order valence-corrected chi connectivity index (χ2v) is 4.48. The summed E-state index contributed by atoms with van der Waals surface area (Å²) < 4.78 is 16.7.